The molecule has 0 saturated carbocycles. The minimum Gasteiger partial charge on any atom is -0.245 e. The molecule has 0 spiro atoms. The molecule has 2 nitrogen and oxygen atoms in total. The van der Waals surface area contributed by atoms with Crippen LogP contribution in [0.1, 0.15) is 0 Å². The van der Waals surface area contributed by atoms with Gasteiger partial charge in [0.1, 0.15) is 6.33 Å². The van der Waals surface area contributed by atoms with E-state index in [-0.39, 0.29) is 0 Å². The highest BCUT2D eigenvalue weighted by Gasteiger charge is 2.04. The van der Waals surface area contributed by atoms with Gasteiger partial charge in [0.25, 0.3) is 0 Å². The van der Waals surface area contributed by atoms with E-state index in [0.29, 0.717) is 0 Å². The molecule has 0 fully saturated rings. The molecule has 0 aliphatic heterocycles. The Morgan fingerprint density at radius 3 is 1.60 bits per heavy atom. The van der Waals surface area contributed by atoms with Crippen LogP contribution in [0.25, 0.3) is 0 Å². The minimum absolute atomic E-state index is 0.860. The predicted molar refractivity (Wildman–Crippen MR) is 48.3 cm³/mol. The molecule has 1 heterocycles. The molecule has 0 N–H and O–H groups in total. The fraction of sp³-hybridized carbons (Fsp3) is 0. The van der Waals surface area contributed by atoms with Crippen LogP contribution in [-0.4, -0.2) is 9.97 Å². The number of hydrogen-bond acceptors (Lipinski definition) is 2. The monoisotopic (exact) mass is 212 g/mol. The number of rotatable bonds is 0. The summed E-state index contributed by atoms with van der Waals surface area (Å²) in [5.74, 6) is -3.73. The first kappa shape index (κ1) is 11.2. The van der Waals surface area contributed by atoms with Crippen LogP contribution in [0.3, 0.4) is 0 Å². The average molecular weight is 212 g/mol. The Bertz CT molecular complexity index is 360. The first-order valence-corrected chi connectivity index (χ1v) is 4.01. The molecule has 0 bridgehead atoms. The fourth-order valence-electron chi connectivity index (χ4n) is 0.731. The summed E-state index contributed by atoms with van der Waals surface area (Å²) in [4.78, 5) is 7.35. The van der Waals surface area contributed by atoms with Crippen molar-refractivity contribution in [2.45, 2.75) is 0 Å². The van der Waals surface area contributed by atoms with E-state index in [2.05, 4.69) is 9.97 Å². The van der Waals surface area contributed by atoms with Crippen molar-refractivity contribution in [2.24, 2.45) is 0 Å². The largest absolute Gasteiger partial charge is 0.245 e. The molecule has 78 valence electrons. The van der Waals surface area contributed by atoms with E-state index in [4.69, 9.17) is 0 Å². The normalized spacial score (nSPS) is 9.00. The Hall–Kier alpha value is -1.91. The zero-order valence-corrected chi connectivity index (χ0v) is 7.57. The van der Waals surface area contributed by atoms with Gasteiger partial charge in [-0.25, -0.2) is 23.1 Å². The molecule has 1 aromatic heterocycles. The lowest BCUT2D eigenvalue weighted by atomic mass is 10.3. The van der Waals surface area contributed by atoms with Gasteiger partial charge in [-0.2, -0.15) is 0 Å². The smallest absolute Gasteiger partial charge is 0.194 e. The van der Waals surface area contributed by atoms with E-state index in [0.717, 1.165) is 18.2 Å². The second kappa shape index (κ2) is 5.74. The Labute approximate surface area is 84.4 Å². The van der Waals surface area contributed by atoms with Crippen molar-refractivity contribution in [3.63, 3.8) is 0 Å². The number of aromatic nitrogens is 2. The maximum Gasteiger partial charge on any atom is 0.194 e. The van der Waals surface area contributed by atoms with Gasteiger partial charge in [-0.1, -0.05) is 6.07 Å². The highest BCUT2D eigenvalue weighted by Crippen LogP contribution is 2.07. The molecule has 2 aromatic rings. The van der Waals surface area contributed by atoms with Crippen molar-refractivity contribution in [3.8, 4) is 0 Å². The predicted octanol–water partition coefficient (Wildman–Crippen LogP) is 2.58. The first-order chi connectivity index (χ1) is 7.22. The summed E-state index contributed by atoms with van der Waals surface area (Å²) in [7, 11) is 0. The van der Waals surface area contributed by atoms with E-state index in [1.807, 2.05) is 0 Å². The van der Waals surface area contributed by atoms with Crippen molar-refractivity contribution < 1.29 is 13.2 Å². The Balaban J connectivity index is 0.000000162. The van der Waals surface area contributed by atoms with Crippen LogP contribution >= 0.6 is 0 Å². The van der Waals surface area contributed by atoms with Crippen molar-refractivity contribution in [1.82, 2.24) is 9.97 Å². The molecule has 0 unspecified atom stereocenters. The summed E-state index contributed by atoms with van der Waals surface area (Å²) in [5, 5.41) is 0. The summed E-state index contributed by atoms with van der Waals surface area (Å²) in [5.41, 5.74) is 0. The highest BCUT2D eigenvalue weighted by molar-refractivity contribution is 5.07. The third kappa shape index (κ3) is 3.76. The van der Waals surface area contributed by atoms with Gasteiger partial charge in [-0.05, 0) is 18.2 Å². The lowest BCUT2D eigenvalue weighted by Crippen LogP contribution is -1.86. The molecule has 1 aromatic carbocycles. The van der Waals surface area contributed by atoms with Crippen LogP contribution in [0.2, 0.25) is 0 Å². The van der Waals surface area contributed by atoms with Gasteiger partial charge in [0.2, 0.25) is 0 Å². The second-order valence-electron chi connectivity index (χ2n) is 2.44. The third-order valence-corrected chi connectivity index (χ3v) is 1.38. The zero-order chi connectivity index (χ0) is 11.1. The number of nitrogens with zero attached hydrogens (tertiary/aromatic N) is 2. The van der Waals surface area contributed by atoms with Gasteiger partial charge in [0.15, 0.2) is 17.5 Å². The minimum atomic E-state index is -1.42. The SMILES string of the molecule is Fc1cccc(F)c1F.c1cncnc1. The summed E-state index contributed by atoms with van der Waals surface area (Å²) in [6.45, 7) is 0. The summed E-state index contributed by atoms with van der Waals surface area (Å²) in [6, 6.07) is 4.60. The molecule has 0 atom stereocenters. The lowest BCUT2D eigenvalue weighted by molar-refractivity contribution is 0.447. The average Bonchev–Trinajstić information content (AvgIpc) is 2.29. The molecule has 0 aliphatic carbocycles. The van der Waals surface area contributed by atoms with Gasteiger partial charge < -0.3 is 0 Å². The lowest BCUT2D eigenvalue weighted by Gasteiger charge is -1.90. The number of halogens is 3. The van der Waals surface area contributed by atoms with Crippen LogP contribution in [-0.2, 0) is 0 Å². The molecule has 0 saturated heterocycles. The fourth-order valence-corrected chi connectivity index (χ4v) is 0.731. The molecule has 15 heavy (non-hydrogen) atoms. The van der Waals surface area contributed by atoms with E-state index in [1.165, 1.54) is 6.33 Å². The molecule has 5 heteroatoms. The molecule has 0 aliphatic rings. The standard InChI is InChI=1S/C6H3F3.C4H4N2/c7-4-2-1-3-5(8)6(4)9;1-2-5-4-6-3-1/h1-3H;1-4H. The van der Waals surface area contributed by atoms with Crippen molar-refractivity contribution >= 4 is 0 Å². The van der Waals surface area contributed by atoms with Crippen LogP contribution in [0, 0.1) is 17.5 Å². The van der Waals surface area contributed by atoms with Crippen molar-refractivity contribution in [1.29, 1.82) is 0 Å². The van der Waals surface area contributed by atoms with Gasteiger partial charge in [0, 0.05) is 12.4 Å². The Morgan fingerprint density at radius 2 is 1.33 bits per heavy atom. The second-order valence-corrected chi connectivity index (χ2v) is 2.44. The van der Waals surface area contributed by atoms with E-state index >= 15 is 0 Å². The van der Waals surface area contributed by atoms with Gasteiger partial charge in [0.05, 0.1) is 0 Å². The summed E-state index contributed by atoms with van der Waals surface area (Å²) >= 11 is 0. The van der Waals surface area contributed by atoms with Crippen LogP contribution in [0.5, 0.6) is 0 Å². The molecule has 2 rings (SSSR count). The van der Waals surface area contributed by atoms with E-state index in [9.17, 15) is 13.2 Å². The van der Waals surface area contributed by atoms with Gasteiger partial charge in [-0.3, -0.25) is 0 Å². The molecule has 0 amide bonds. The number of benzene rings is 1. The van der Waals surface area contributed by atoms with Gasteiger partial charge >= 0.3 is 0 Å². The molecular weight excluding hydrogens is 205 g/mol. The first-order valence-electron chi connectivity index (χ1n) is 4.01. The summed E-state index contributed by atoms with van der Waals surface area (Å²) < 4.78 is 35.9. The van der Waals surface area contributed by atoms with E-state index in [1.54, 1.807) is 18.5 Å². The molecular formula is C10H7F3N2. The van der Waals surface area contributed by atoms with Crippen molar-refractivity contribution in [3.05, 3.63) is 60.4 Å². The van der Waals surface area contributed by atoms with E-state index < -0.39 is 17.5 Å². The summed E-state index contributed by atoms with van der Waals surface area (Å²) in [6.07, 6.45) is 4.88. The molecule has 0 radical (unpaired) electrons. The maximum atomic E-state index is 12.0. The van der Waals surface area contributed by atoms with Crippen LogP contribution < -0.4 is 0 Å². The number of hydrogen-bond donors (Lipinski definition) is 0. The van der Waals surface area contributed by atoms with Crippen LogP contribution in [0.4, 0.5) is 13.2 Å². The topological polar surface area (TPSA) is 25.8 Å². The third-order valence-electron chi connectivity index (χ3n) is 1.38. The van der Waals surface area contributed by atoms with Crippen LogP contribution in [0.15, 0.2) is 43.0 Å². The maximum absolute atomic E-state index is 12.0. The van der Waals surface area contributed by atoms with Crippen molar-refractivity contribution in [2.75, 3.05) is 0 Å². The Kier molecular flexibility index (Phi) is 4.28. The quantitative estimate of drug-likeness (QED) is 0.627. The zero-order valence-electron chi connectivity index (χ0n) is 7.57. The Morgan fingerprint density at radius 1 is 0.800 bits per heavy atom. The highest BCUT2D eigenvalue weighted by atomic mass is 19.2. The van der Waals surface area contributed by atoms with Gasteiger partial charge in [-0.15, -0.1) is 0 Å².